The number of aliphatic carboxylic acids is 1. The fourth-order valence-corrected chi connectivity index (χ4v) is 4.43. The highest BCUT2D eigenvalue weighted by Gasteiger charge is 2.35. The Labute approximate surface area is 214 Å². The highest BCUT2D eigenvalue weighted by Crippen LogP contribution is 2.43. The smallest absolute Gasteiger partial charge is 0.305 e. The number of carbonyl (C=O) groups is 2. The summed E-state index contributed by atoms with van der Waals surface area (Å²) in [5.74, 6) is -0.564. The van der Waals surface area contributed by atoms with Crippen LogP contribution in [0.2, 0.25) is 5.02 Å². The number of halogens is 1. The number of hydrogen-bond donors (Lipinski definition) is 4. The highest BCUT2D eigenvalue weighted by atomic mass is 35.5. The molecule has 4 N–H and O–H groups in total. The van der Waals surface area contributed by atoms with Gasteiger partial charge in [-0.1, -0.05) is 41.9 Å². The monoisotopic (exact) mass is 511 g/mol. The van der Waals surface area contributed by atoms with E-state index in [0.29, 0.717) is 29.6 Å². The Morgan fingerprint density at radius 1 is 1.06 bits per heavy atom. The van der Waals surface area contributed by atoms with Gasteiger partial charge in [0.15, 0.2) is 0 Å². The molecule has 1 aliphatic rings. The van der Waals surface area contributed by atoms with E-state index in [-0.39, 0.29) is 24.7 Å². The second-order valence-electron chi connectivity index (χ2n) is 9.20. The molecule has 1 amide bonds. The standard InChI is InChI=1S/C27H30ClN3O5/c28-20-10-8-19(9-11-20)26-30-24(27(36)29-16-17-4-2-1-3-5-17)25(18-6-7-18)31(26)13-12-21(32)14-22(33)15-23(34)35/h1-5,8-11,18,21-22,32-33H,6-7,12-16H2,(H,29,36)(H,34,35)/t21-,22-/m1/s1. The Morgan fingerprint density at radius 2 is 1.75 bits per heavy atom. The number of carboxylic acids is 1. The van der Waals surface area contributed by atoms with Crippen LogP contribution in [-0.4, -0.2) is 49.0 Å². The van der Waals surface area contributed by atoms with E-state index in [1.807, 2.05) is 47.0 Å². The number of nitrogens with zero attached hydrogens (tertiary/aromatic N) is 2. The summed E-state index contributed by atoms with van der Waals surface area (Å²) in [7, 11) is 0. The van der Waals surface area contributed by atoms with Crippen molar-refractivity contribution in [2.45, 2.75) is 63.3 Å². The molecular formula is C27H30ClN3O5. The molecule has 0 radical (unpaired) electrons. The van der Waals surface area contributed by atoms with Gasteiger partial charge in [-0.15, -0.1) is 0 Å². The summed E-state index contributed by atoms with van der Waals surface area (Å²) in [6.45, 7) is 0.747. The minimum absolute atomic E-state index is 0.0412. The van der Waals surface area contributed by atoms with Crippen molar-refractivity contribution < 1.29 is 24.9 Å². The lowest BCUT2D eigenvalue weighted by atomic mass is 10.1. The van der Waals surface area contributed by atoms with Gasteiger partial charge in [0, 0.05) is 29.6 Å². The molecule has 36 heavy (non-hydrogen) atoms. The molecule has 190 valence electrons. The molecule has 1 aromatic heterocycles. The van der Waals surface area contributed by atoms with Gasteiger partial charge in [-0.3, -0.25) is 9.59 Å². The predicted octanol–water partition coefficient (Wildman–Crippen LogP) is 3.99. The van der Waals surface area contributed by atoms with Crippen LogP contribution in [0.3, 0.4) is 0 Å². The Balaban J connectivity index is 1.60. The molecule has 3 aromatic rings. The van der Waals surface area contributed by atoms with E-state index in [9.17, 15) is 19.8 Å². The van der Waals surface area contributed by atoms with Gasteiger partial charge in [-0.05, 0) is 55.5 Å². The Kier molecular flexibility index (Phi) is 8.40. The number of benzene rings is 2. The van der Waals surface area contributed by atoms with Crippen LogP contribution in [0.15, 0.2) is 54.6 Å². The lowest BCUT2D eigenvalue weighted by molar-refractivity contribution is -0.139. The fourth-order valence-electron chi connectivity index (χ4n) is 4.31. The molecule has 4 rings (SSSR count). The molecule has 2 aromatic carbocycles. The maximum atomic E-state index is 13.3. The van der Waals surface area contributed by atoms with Gasteiger partial charge in [0.25, 0.3) is 5.91 Å². The molecule has 0 aliphatic heterocycles. The quantitative estimate of drug-likeness (QED) is 0.291. The van der Waals surface area contributed by atoms with Gasteiger partial charge in [-0.2, -0.15) is 0 Å². The SMILES string of the molecule is O=C(O)C[C@H](O)C[C@H](O)CCn1c(-c2ccc(Cl)cc2)nc(C(=O)NCc2ccccc2)c1C1CC1. The zero-order valence-electron chi connectivity index (χ0n) is 19.8. The third kappa shape index (κ3) is 6.72. The zero-order chi connectivity index (χ0) is 25.7. The number of amides is 1. The van der Waals surface area contributed by atoms with Crippen LogP contribution in [0.4, 0.5) is 0 Å². The second-order valence-corrected chi connectivity index (χ2v) is 9.64. The molecule has 9 heteroatoms. The van der Waals surface area contributed by atoms with E-state index in [4.69, 9.17) is 21.7 Å². The third-order valence-corrected chi connectivity index (χ3v) is 6.48. The molecule has 1 aliphatic carbocycles. The van der Waals surface area contributed by atoms with Crippen molar-refractivity contribution in [3.63, 3.8) is 0 Å². The van der Waals surface area contributed by atoms with E-state index >= 15 is 0 Å². The van der Waals surface area contributed by atoms with Crippen LogP contribution in [0.1, 0.15) is 59.8 Å². The Bertz CT molecular complexity index is 1190. The topological polar surface area (TPSA) is 125 Å². The summed E-state index contributed by atoms with van der Waals surface area (Å²) in [6, 6.07) is 16.9. The van der Waals surface area contributed by atoms with Gasteiger partial charge < -0.3 is 25.2 Å². The molecule has 1 saturated carbocycles. The van der Waals surface area contributed by atoms with Crippen molar-refractivity contribution in [3.05, 3.63) is 76.6 Å². The number of aliphatic hydroxyl groups is 2. The van der Waals surface area contributed by atoms with Crippen molar-refractivity contribution in [1.82, 2.24) is 14.9 Å². The van der Waals surface area contributed by atoms with Crippen molar-refractivity contribution in [2.24, 2.45) is 0 Å². The molecule has 8 nitrogen and oxygen atoms in total. The lowest BCUT2D eigenvalue weighted by Crippen LogP contribution is -2.25. The van der Waals surface area contributed by atoms with Crippen molar-refractivity contribution >= 4 is 23.5 Å². The summed E-state index contributed by atoms with van der Waals surface area (Å²) >= 11 is 6.08. The number of imidazole rings is 1. The van der Waals surface area contributed by atoms with Crippen LogP contribution < -0.4 is 5.32 Å². The summed E-state index contributed by atoms with van der Waals surface area (Å²) in [4.78, 5) is 28.9. The molecule has 0 spiro atoms. The molecule has 2 atom stereocenters. The van der Waals surface area contributed by atoms with Gasteiger partial charge in [-0.25, -0.2) is 4.98 Å². The normalized spacial score (nSPS) is 14.9. The van der Waals surface area contributed by atoms with Crippen molar-refractivity contribution in [1.29, 1.82) is 0 Å². The first kappa shape index (κ1) is 25.9. The summed E-state index contributed by atoms with van der Waals surface area (Å²) in [5, 5.41) is 32.8. The van der Waals surface area contributed by atoms with Crippen molar-refractivity contribution in [3.8, 4) is 11.4 Å². The van der Waals surface area contributed by atoms with Crippen LogP contribution in [-0.2, 0) is 17.9 Å². The maximum Gasteiger partial charge on any atom is 0.305 e. The number of aliphatic hydroxyl groups excluding tert-OH is 2. The summed E-state index contributed by atoms with van der Waals surface area (Å²) in [6.07, 6.45) is -0.314. The third-order valence-electron chi connectivity index (χ3n) is 6.22. The first-order valence-electron chi connectivity index (χ1n) is 12.1. The first-order chi connectivity index (χ1) is 17.3. The molecule has 1 heterocycles. The fraction of sp³-hybridized carbons (Fsp3) is 0.370. The van der Waals surface area contributed by atoms with E-state index in [1.54, 1.807) is 12.1 Å². The van der Waals surface area contributed by atoms with E-state index in [1.165, 1.54) is 0 Å². The van der Waals surface area contributed by atoms with Gasteiger partial charge in [0.1, 0.15) is 11.5 Å². The van der Waals surface area contributed by atoms with Gasteiger partial charge in [0.05, 0.1) is 24.3 Å². The average molecular weight is 512 g/mol. The van der Waals surface area contributed by atoms with E-state index in [0.717, 1.165) is 29.7 Å². The number of carboxylic acid groups (broad SMARTS) is 1. The van der Waals surface area contributed by atoms with E-state index in [2.05, 4.69) is 5.32 Å². The number of carbonyl (C=O) groups excluding carboxylic acids is 1. The number of hydrogen-bond acceptors (Lipinski definition) is 5. The van der Waals surface area contributed by atoms with Gasteiger partial charge in [0.2, 0.25) is 0 Å². The molecule has 1 fully saturated rings. The molecular weight excluding hydrogens is 482 g/mol. The number of nitrogens with one attached hydrogen (secondary N) is 1. The zero-order valence-corrected chi connectivity index (χ0v) is 20.6. The largest absolute Gasteiger partial charge is 0.481 e. The van der Waals surface area contributed by atoms with Crippen LogP contribution in [0.25, 0.3) is 11.4 Å². The Morgan fingerprint density at radius 3 is 2.39 bits per heavy atom. The minimum atomic E-state index is -1.13. The minimum Gasteiger partial charge on any atom is -0.481 e. The van der Waals surface area contributed by atoms with E-state index < -0.39 is 24.6 Å². The second kappa shape index (κ2) is 11.7. The highest BCUT2D eigenvalue weighted by molar-refractivity contribution is 6.30. The molecule has 0 saturated heterocycles. The van der Waals surface area contributed by atoms with Crippen LogP contribution in [0.5, 0.6) is 0 Å². The maximum absolute atomic E-state index is 13.3. The molecule has 0 bridgehead atoms. The first-order valence-corrected chi connectivity index (χ1v) is 12.5. The summed E-state index contributed by atoms with van der Waals surface area (Å²) < 4.78 is 1.98. The van der Waals surface area contributed by atoms with Crippen LogP contribution in [0, 0.1) is 0 Å². The Hall–Kier alpha value is -3.20. The number of rotatable bonds is 12. The number of aromatic nitrogens is 2. The molecule has 0 unspecified atom stereocenters. The van der Waals surface area contributed by atoms with Crippen molar-refractivity contribution in [2.75, 3.05) is 0 Å². The summed E-state index contributed by atoms with van der Waals surface area (Å²) in [5.41, 5.74) is 2.99. The lowest BCUT2D eigenvalue weighted by Gasteiger charge is -2.17. The average Bonchev–Trinajstić information content (AvgIpc) is 3.61. The predicted molar refractivity (Wildman–Crippen MR) is 136 cm³/mol. The van der Waals surface area contributed by atoms with Gasteiger partial charge >= 0.3 is 5.97 Å². The van der Waals surface area contributed by atoms with Crippen LogP contribution >= 0.6 is 11.6 Å².